The normalized spacial score (nSPS) is 15.8. The molecular formula is C24H23F3N2O4S. The zero-order valence-electron chi connectivity index (χ0n) is 18.4. The Morgan fingerprint density at radius 1 is 1.21 bits per heavy atom. The number of carbonyl (C=O) groups excluding carboxylic acids is 1. The van der Waals surface area contributed by atoms with Crippen LogP contribution >= 0.6 is 11.3 Å². The van der Waals surface area contributed by atoms with Crippen LogP contribution in [0.4, 0.5) is 13.2 Å². The molecule has 0 bridgehead atoms. The van der Waals surface area contributed by atoms with Crippen molar-refractivity contribution >= 4 is 17.2 Å². The van der Waals surface area contributed by atoms with E-state index in [2.05, 4.69) is 10.3 Å². The van der Waals surface area contributed by atoms with Crippen LogP contribution in [-0.4, -0.2) is 37.3 Å². The Morgan fingerprint density at radius 3 is 2.68 bits per heavy atom. The number of methoxy groups -OCH3 is 1. The van der Waals surface area contributed by atoms with Gasteiger partial charge in [0.1, 0.15) is 17.3 Å². The molecule has 3 aromatic rings. The van der Waals surface area contributed by atoms with Gasteiger partial charge in [0.15, 0.2) is 11.5 Å². The third-order valence-corrected chi connectivity index (χ3v) is 6.23. The lowest BCUT2D eigenvalue weighted by Crippen LogP contribution is -2.31. The standard InChI is InChI=1S/C24H23F3N2O4S/c1-31-21-11-16(23-29-19(14-34-23)22(30)28-12-18-3-2-10-32-18)6-9-20(21)33-13-15-4-7-17(8-5-15)24(25,26)27/h4-9,11,14,18H,2-3,10,12-13H2,1H3,(H,28,30)/t18-/m1/s1. The number of hydrogen-bond donors (Lipinski definition) is 1. The second-order valence-corrected chi connectivity index (χ2v) is 8.59. The molecule has 1 aliphatic rings. The van der Waals surface area contributed by atoms with Crippen LogP contribution in [0.5, 0.6) is 11.5 Å². The molecule has 1 N–H and O–H groups in total. The van der Waals surface area contributed by atoms with E-state index in [1.807, 2.05) is 0 Å². The minimum absolute atomic E-state index is 0.0569. The zero-order valence-corrected chi connectivity index (χ0v) is 19.2. The van der Waals surface area contributed by atoms with Gasteiger partial charge in [0.25, 0.3) is 5.91 Å². The highest BCUT2D eigenvalue weighted by Crippen LogP contribution is 2.34. The minimum Gasteiger partial charge on any atom is -0.493 e. The molecule has 180 valence electrons. The Bertz CT molecular complexity index is 1130. The van der Waals surface area contributed by atoms with Gasteiger partial charge >= 0.3 is 6.18 Å². The molecule has 1 aromatic heterocycles. The van der Waals surface area contributed by atoms with Crippen molar-refractivity contribution in [3.63, 3.8) is 0 Å². The highest BCUT2D eigenvalue weighted by atomic mass is 32.1. The number of aromatic nitrogens is 1. The molecule has 10 heteroatoms. The molecule has 1 atom stereocenters. The lowest BCUT2D eigenvalue weighted by molar-refractivity contribution is -0.137. The van der Waals surface area contributed by atoms with Crippen LogP contribution < -0.4 is 14.8 Å². The maximum Gasteiger partial charge on any atom is 0.416 e. The van der Waals surface area contributed by atoms with Crippen LogP contribution in [0.15, 0.2) is 47.8 Å². The van der Waals surface area contributed by atoms with Crippen LogP contribution in [-0.2, 0) is 17.5 Å². The summed E-state index contributed by atoms with van der Waals surface area (Å²) in [6, 6.07) is 10.0. The molecule has 0 aliphatic carbocycles. The topological polar surface area (TPSA) is 69.7 Å². The number of amides is 1. The van der Waals surface area contributed by atoms with Gasteiger partial charge in [-0.1, -0.05) is 12.1 Å². The molecule has 1 saturated heterocycles. The van der Waals surface area contributed by atoms with Crippen LogP contribution in [0.3, 0.4) is 0 Å². The number of halogens is 3. The predicted octanol–water partition coefficient (Wildman–Crippen LogP) is 5.33. The highest BCUT2D eigenvalue weighted by molar-refractivity contribution is 7.13. The van der Waals surface area contributed by atoms with Crippen LogP contribution in [0.1, 0.15) is 34.5 Å². The fourth-order valence-electron chi connectivity index (χ4n) is 3.48. The van der Waals surface area contributed by atoms with Gasteiger partial charge in [-0.15, -0.1) is 11.3 Å². The lowest BCUT2D eigenvalue weighted by atomic mass is 10.1. The van der Waals surface area contributed by atoms with E-state index in [0.717, 1.165) is 37.1 Å². The predicted molar refractivity (Wildman–Crippen MR) is 121 cm³/mol. The van der Waals surface area contributed by atoms with Crippen molar-refractivity contribution in [1.82, 2.24) is 10.3 Å². The largest absolute Gasteiger partial charge is 0.493 e. The van der Waals surface area contributed by atoms with Crippen molar-refractivity contribution in [3.05, 3.63) is 64.7 Å². The molecule has 1 amide bonds. The fourth-order valence-corrected chi connectivity index (χ4v) is 4.28. The van der Waals surface area contributed by atoms with Gasteiger partial charge in [-0.3, -0.25) is 4.79 Å². The first-order valence-electron chi connectivity index (χ1n) is 10.7. The van der Waals surface area contributed by atoms with Gasteiger partial charge < -0.3 is 19.5 Å². The second kappa shape index (κ2) is 10.4. The second-order valence-electron chi connectivity index (χ2n) is 7.73. The van der Waals surface area contributed by atoms with E-state index in [1.165, 1.54) is 30.6 Å². The average Bonchev–Trinajstić information content (AvgIpc) is 3.53. The Morgan fingerprint density at radius 2 is 2.00 bits per heavy atom. The number of carbonyl (C=O) groups is 1. The lowest BCUT2D eigenvalue weighted by Gasteiger charge is -2.12. The molecule has 0 spiro atoms. The maximum atomic E-state index is 12.7. The molecule has 0 saturated carbocycles. The van der Waals surface area contributed by atoms with E-state index in [4.69, 9.17) is 14.2 Å². The number of benzene rings is 2. The summed E-state index contributed by atoms with van der Waals surface area (Å²) in [4.78, 5) is 16.8. The minimum atomic E-state index is -4.38. The maximum absolute atomic E-state index is 12.7. The molecule has 0 unspecified atom stereocenters. The highest BCUT2D eigenvalue weighted by Gasteiger charge is 2.30. The zero-order chi connectivity index (χ0) is 24.1. The van der Waals surface area contributed by atoms with Crippen LogP contribution in [0.25, 0.3) is 10.6 Å². The molecule has 2 aromatic carbocycles. The number of ether oxygens (including phenoxy) is 3. The van der Waals surface area contributed by atoms with Gasteiger partial charge in [0, 0.05) is 24.1 Å². The van der Waals surface area contributed by atoms with Crippen molar-refractivity contribution in [3.8, 4) is 22.1 Å². The quantitative estimate of drug-likeness (QED) is 0.461. The first-order chi connectivity index (χ1) is 16.3. The molecule has 2 heterocycles. The van der Waals surface area contributed by atoms with Gasteiger partial charge in [-0.05, 0) is 48.7 Å². The monoisotopic (exact) mass is 492 g/mol. The number of thiazole rings is 1. The van der Waals surface area contributed by atoms with E-state index in [9.17, 15) is 18.0 Å². The molecule has 34 heavy (non-hydrogen) atoms. The van der Waals surface area contributed by atoms with Crippen LogP contribution in [0, 0.1) is 0 Å². The van der Waals surface area contributed by atoms with E-state index in [1.54, 1.807) is 23.6 Å². The molecule has 0 radical (unpaired) electrons. The summed E-state index contributed by atoms with van der Waals surface area (Å²) in [5.41, 5.74) is 0.973. The summed E-state index contributed by atoms with van der Waals surface area (Å²) in [7, 11) is 1.50. The van der Waals surface area contributed by atoms with Gasteiger partial charge in [0.2, 0.25) is 0 Å². The van der Waals surface area contributed by atoms with Crippen molar-refractivity contribution < 1.29 is 32.2 Å². The summed E-state index contributed by atoms with van der Waals surface area (Å²) in [5, 5.41) is 5.20. The number of nitrogens with zero attached hydrogens (tertiary/aromatic N) is 1. The molecular weight excluding hydrogens is 469 g/mol. The molecule has 6 nitrogen and oxygen atoms in total. The summed E-state index contributed by atoms with van der Waals surface area (Å²) in [6.07, 6.45) is -2.37. The Kier molecular flexibility index (Phi) is 7.38. The van der Waals surface area contributed by atoms with E-state index in [0.29, 0.717) is 34.3 Å². The van der Waals surface area contributed by atoms with E-state index < -0.39 is 11.7 Å². The molecule has 1 fully saturated rings. The summed E-state index contributed by atoms with van der Waals surface area (Å²) < 4.78 is 54.8. The smallest absolute Gasteiger partial charge is 0.416 e. The third kappa shape index (κ3) is 5.87. The molecule has 4 rings (SSSR count). The number of rotatable bonds is 8. The summed E-state index contributed by atoms with van der Waals surface area (Å²) >= 11 is 1.34. The SMILES string of the molecule is COc1cc(-c2nc(C(=O)NC[C@H]3CCCO3)cs2)ccc1OCc1ccc(C(F)(F)F)cc1. The van der Waals surface area contributed by atoms with Crippen molar-refractivity contribution in [2.45, 2.75) is 31.7 Å². The number of alkyl halides is 3. The Labute approximate surface area is 198 Å². The average molecular weight is 493 g/mol. The third-order valence-electron chi connectivity index (χ3n) is 5.34. The van der Waals surface area contributed by atoms with Crippen molar-refractivity contribution in [1.29, 1.82) is 0 Å². The molecule has 1 aliphatic heterocycles. The van der Waals surface area contributed by atoms with Gasteiger partial charge in [-0.2, -0.15) is 13.2 Å². The van der Waals surface area contributed by atoms with E-state index >= 15 is 0 Å². The Hall–Kier alpha value is -3.11. The van der Waals surface area contributed by atoms with Crippen molar-refractivity contribution in [2.24, 2.45) is 0 Å². The number of nitrogens with one attached hydrogen (secondary N) is 1. The van der Waals surface area contributed by atoms with E-state index in [-0.39, 0.29) is 18.6 Å². The fraction of sp³-hybridized carbons (Fsp3) is 0.333. The number of hydrogen-bond acceptors (Lipinski definition) is 6. The van der Waals surface area contributed by atoms with Gasteiger partial charge in [-0.25, -0.2) is 4.98 Å². The van der Waals surface area contributed by atoms with Gasteiger partial charge in [0.05, 0.1) is 18.8 Å². The van der Waals surface area contributed by atoms with Crippen LogP contribution in [0.2, 0.25) is 0 Å². The first kappa shape index (κ1) is 24.0. The Balaban J connectivity index is 1.39. The summed E-state index contributed by atoms with van der Waals surface area (Å²) in [6.45, 7) is 1.28. The summed E-state index contributed by atoms with van der Waals surface area (Å²) in [5.74, 6) is 0.641. The first-order valence-corrected chi connectivity index (χ1v) is 11.5. The van der Waals surface area contributed by atoms with Crippen molar-refractivity contribution in [2.75, 3.05) is 20.3 Å².